The van der Waals surface area contributed by atoms with E-state index in [1.165, 1.54) is 6.92 Å². The van der Waals surface area contributed by atoms with Gasteiger partial charge >= 0.3 is 0 Å². The molecule has 0 amide bonds. The van der Waals surface area contributed by atoms with Gasteiger partial charge in [0.05, 0.1) is 13.3 Å². The van der Waals surface area contributed by atoms with Crippen LogP contribution in [-0.4, -0.2) is 18.5 Å². The molecule has 0 aliphatic rings. The van der Waals surface area contributed by atoms with Crippen LogP contribution in [0.2, 0.25) is 0 Å². The lowest BCUT2D eigenvalue weighted by molar-refractivity contribution is 0.271. The molecule has 0 bridgehead atoms. The highest BCUT2D eigenvalue weighted by Crippen LogP contribution is 2.25. The van der Waals surface area contributed by atoms with Crippen LogP contribution >= 0.6 is 0 Å². The van der Waals surface area contributed by atoms with Gasteiger partial charge < -0.3 is 9.94 Å². The molecular formula is C10H12FNO2. The summed E-state index contributed by atoms with van der Waals surface area (Å²) in [5, 5.41) is 11.0. The molecule has 0 fully saturated rings. The summed E-state index contributed by atoms with van der Waals surface area (Å²) >= 11 is 0. The van der Waals surface area contributed by atoms with E-state index in [1.807, 2.05) is 0 Å². The molecule has 0 radical (unpaired) electrons. The molecule has 1 aromatic carbocycles. The lowest BCUT2D eigenvalue weighted by Gasteiger charge is -2.14. The van der Waals surface area contributed by atoms with E-state index in [-0.39, 0.29) is 0 Å². The minimum atomic E-state index is -1.76. The zero-order chi connectivity index (χ0) is 10.6. The highest BCUT2D eigenvalue weighted by atomic mass is 19.1. The Kier molecular flexibility index (Phi) is 3.06. The Labute approximate surface area is 81.8 Å². The third-order valence-corrected chi connectivity index (χ3v) is 1.95. The van der Waals surface area contributed by atoms with Crippen molar-refractivity contribution in [1.29, 1.82) is 0 Å². The summed E-state index contributed by atoms with van der Waals surface area (Å²) in [4.78, 5) is 0. The summed E-state index contributed by atoms with van der Waals surface area (Å²) < 4.78 is 18.6. The second-order valence-corrected chi connectivity index (χ2v) is 3.05. The largest absolute Gasteiger partial charge is 0.497 e. The predicted molar refractivity (Wildman–Crippen MR) is 51.7 cm³/mol. The number of methoxy groups -OCH3 is 1. The molecule has 1 rings (SSSR count). The number of nitrogens with zero attached hydrogens (tertiary/aromatic N) is 1. The second kappa shape index (κ2) is 4.09. The fourth-order valence-electron chi connectivity index (χ4n) is 1.10. The Morgan fingerprint density at radius 3 is 2.43 bits per heavy atom. The molecule has 0 aliphatic carbocycles. The van der Waals surface area contributed by atoms with Gasteiger partial charge in [0.1, 0.15) is 5.75 Å². The van der Waals surface area contributed by atoms with Gasteiger partial charge in [-0.3, -0.25) is 0 Å². The molecular weight excluding hydrogens is 185 g/mol. The Bertz CT molecular complexity index is 319. The maximum atomic E-state index is 13.7. The van der Waals surface area contributed by atoms with Crippen LogP contribution in [0.1, 0.15) is 12.5 Å². The zero-order valence-corrected chi connectivity index (χ0v) is 8.07. The Morgan fingerprint density at radius 2 is 2.00 bits per heavy atom. The summed E-state index contributed by atoms with van der Waals surface area (Å²) in [7, 11) is 1.54. The van der Waals surface area contributed by atoms with Gasteiger partial charge in [0.25, 0.3) is 0 Å². The van der Waals surface area contributed by atoms with Crippen LogP contribution in [0, 0.1) is 0 Å². The first kappa shape index (κ1) is 10.5. The maximum Gasteiger partial charge on any atom is 0.171 e. The third-order valence-electron chi connectivity index (χ3n) is 1.95. The van der Waals surface area contributed by atoms with Crippen LogP contribution in [0.3, 0.4) is 0 Å². The Morgan fingerprint density at radius 1 is 1.43 bits per heavy atom. The number of halogens is 1. The summed E-state index contributed by atoms with van der Waals surface area (Å²) in [6.45, 7) is 1.31. The summed E-state index contributed by atoms with van der Waals surface area (Å²) in [5.41, 5.74) is -1.35. The minimum Gasteiger partial charge on any atom is -0.497 e. The fourth-order valence-corrected chi connectivity index (χ4v) is 1.10. The van der Waals surface area contributed by atoms with Crippen LogP contribution in [0.5, 0.6) is 5.75 Å². The second-order valence-electron chi connectivity index (χ2n) is 3.05. The van der Waals surface area contributed by atoms with E-state index in [0.29, 0.717) is 11.3 Å². The predicted octanol–water partition coefficient (Wildman–Crippen LogP) is 2.34. The molecule has 1 N–H and O–H groups in total. The molecule has 1 unspecified atom stereocenters. The van der Waals surface area contributed by atoms with Gasteiger partial charge in [-0.05, 0) is 24.6 Å². The molecule has 0 saturated heterocycles. The zero-order valence-electron chi connectivity index (χ0n) is 8.07. The molecule has 1 atom stereocenters. The average Bonchev–Trinajstić information content (AvgIpc) is 2.18. The van der Waals surface area contributed by atoms with E-state index in [9.17, 15) is 4.39 Å². The standard InChI is InChI=1S/C10H12FNO2/c1-10(11,7-12-13)8-3-5-9(14-2)6-4-8/h3-7,13H,1-2H3. The lowest BCUT2D eigenvalue weighted by atomic mass is 9.99. The first-order valence-corrected chi connectivity index (χ1v) is 4.12. The maximum absolute atomic E-state index is 13.7. The van der Waals surface area contributed by atoms with Gasteiger partial charge in [0.15, 0.2) is 5.67 Å². The van der Waals surface area contributed by atoms with E-state index >= 15 is 0 Å². The normalized spacial score (nSPS) is 15.4. The Hall–Kier alpha value is -1.58. The topological polar surface area (TPSA) is 41.8 Å². The van der Waals surface area contributed by atoms with Gasteiger partial charge in [0.2, 0.25) is 0 Å². The number of oxime groups is 1. The first-order chi connectivity index (χ1) is 6.60. The molecule has 4 heteroatoms. The quantitative estimate of drug-likeness (QED) is 0.459. The highest BCUT2D eigenvalue weighted by molar-refractivity contribution is 5.70. The summed E-state index contributed by atoms with van der Waals surface area (Å²) in [5.74, 6) is 0.658. The number of alkyl halides is 1. The highest BCUT2D eigenvalue weighted by Gasteiger charge is 2.23. The van der Waals surface area contributed by atoms with Crippen molar-refractivity contribution < 1.29 is 14.3 Å². The first-order valence-electron chi connectivity index (χ1n) is 4.12. The molecule has 0 heterocycles. The Balaban J connectivity index is 2.96. The van der Waals surface area contributed by atoms with Crippen molar-refractivity contribution in [2.24, 2.45) is 5.16 Å². The minimum absolute atomic E-state index is 0.413. The van der Waals surface area contributed by atoms with E-state index in [2.05, 4.69) is 5.16 Å². The van der Waals surface area contributed by atoms with Crippen LogP contribution in [0.15, 0.2) is 29.4 Å². The van der Waals surface area contributed by atoms with Gasteiger partial charge in [-0.15, -0.1) is 0 Å². The van der Waals surface area contributed by atoms with E-state index in [0.717, 1.165) is 6.21 Å². The number of ether oxygens (including phenoxy) is 1. The molecule has 0 saturated carbocycles. The molecule has 0 spiro atoms. The van der Waals surface area contributed by atoms with Gasteiger partial charge in [-0.1, -0.05) is 17.3 Å². The van der Waals surface area contributed by atoms with Crippen LogP contribution in [0.4, 0.5) is 4.39 Å². The number of hydrogen-bond acceptors (Lipinski definition) is 3. The fraction of sp³-hybridized carbons (Fsp3) is 0.300. The van der Waals surface area contributed by atoms with E-state index in [1.54, 1.807) is 31.4 Å². The molecule has 14 heavy (non-hydrogen) atoms. The van der Waals surface area contributed by atoms with Crippen molar-refractivity contribution in [2.75, 3.05) is 7.11 Å². The van der Waals surface area contributed by atoms with Gasteiger partial charge in [-0.25, -0.2) is 4.39 Å². The van der Waals surface area contributed by atoms with Crippen molar-refractivity contribution in [2.45, 2.75) is 12.6 Å². The van der Waals surface area contributed by atoms with E-state index < -0.39 is 5.67 Å². The van der Waals surface area contributed by atoms with Crippen molar-refractivity contribution in [3.8, 4) is 5.75 Å². The monoisotopic (exact) mass is 197 g/mol. The SMILES string of the molecule is COc1ccc(C(C)(F)C=NO)cc1. The molecule has 1 aromatic rings. The summed E-state index contributed by atoms with van der Waals surface area (Å²) in [6, 6.07) is 6.47. The number of hydrogen-bond donors (Lipinski definition) is 1. The van der Waals surface area contributed by atoms with Crippen LogP contribution in [0.25, 0.3) is 0 Å². The van der Waals surface area contributed by atoms with Crippen molar-refractivity contribution in [3.63, 3.8) is 0 Å². The number of rotatable bonds is 3. The smallest absolute Gasteiger partial charge is 0.171 e. The van der Waals surface area contributed by atoms with Gasteiger partial charge in [0, 0.05) is 0 Å². The van der Waals surface area contributed by atoms with Gasteiger partial charge in [-0.2, -0.15) is 0 Å². The average molecular weight is 197 g/mol. The molecule has 0 aliphatic heterocycles. The van der Waals surface area contributed by atoms with E-state index in [4.69, 9.17) is 9.94 Å². The van der Waals surface area contributed by atoms with Crippen molar-refractivity contribution in [3.05, 3.63) is 29.8 Å². The third kappa shape index (κ3) is 2.22. The van der Waals surface area contributed by atoms with Crippen LogP contribution in [-0.2, 0) is 5.67 Å². The molecule has 0 aromatic heterocycles. The number of benzene rings is 1. The molecule has 76 valence electrons. The summed E-state index contributed by atoms with van der Waals surface area (Å²) in [6.07, 6.45) is 0.842. The van der Waals surface area contributed by atoms with Crippen molar-refractivity contribution >= 4 is 6.21 Å². The van der Waals surface area contributed by atoms with Crippen LogP contribution < -0.4 is 4.74 Å². The van der Waals surface area contributed by atoms with Crippen molar-refractivity contribution in [1.82, 2.24) is 0 Å². The lowest BCUT2D eigenvalue weighted by Crippen LogP contribution is -2.16. The molecule has 3 nitrogen and oxygen atoms in total.